The van der Waals surface area contributed by atoms with Crippen molar-refractivity contribution in [2.75, 3.05) is 0 Å². The number of Topliss-reactive ketones (excluding diaryl/α,β-unsaturated/α-hetero) is 1. The van der Waals surface area contributed by atoms with Gasteiger partial charge >= 0.3 is 5.97 Å². The quantitative estimate of drug-likeness (QED) is 0.709. The van der Waals surface area contributed by atoms with Gasteiger partial charge in [-0.05, 0) is 31.7 Å². The largest absolute Gasteiger partial charge is 0.462 e. The summed E-state index contributed by atoms with van der Waals surface area (Å²) in [6.45, 7) is 8.81. The first kappa shape index (κ1) is 18.1. The number of rotatable bonds is 7. The van der Waals surface area contributed by atoms with E-state index in [1.165, 1.54) is 19.4 Å². The van der Waals surface area contributed by atoms with Gasteiger partial charge in [0, 0.05) is 6.92 Å². The summed E-state index contributed by atoms with van der Waals surface area (Å²) in [7, 11) is 0. The summed E-state index contributed by atoms with van der Waals surface area (Å²) in [5.41, 5.74) is 2.37. The van der Waals surface area contributed by atoms with Gasteiger partial charge in [0.15, 0.2) is 0 Å². The predicted molar refractivity (Wildman–Crippen MR) is 89.4 cm³/mol. The molecule has 1 aromatic rings. The summed E-state index contributed by atoms with van der Waals surface area (Å²) in [6.07, 6.45) is 4.51. The van der Waals surface area contributed by atoms with Crippen LogP contribution in [0.5, 0.6) is 0 Å². The molecule has 0 unspecified atom stereocenters. The van der Waals surface area contributed by atoms with Gasteiger partial charge in [-0.15, -0.1) is 0 Å². The maximum absolute atomic E-state index is 11.6. The van der Waals surface area contributed by atoms with Gasteiger partial charge in [-0.2, -0.15) is 0 Å². The monoisotopic (exact) mass is 302 g/mol. The van der Waals surface area contributed by atoms with Crippen LogP contribution < -0.4 is 0 Å². The van der Waals surface area contributed by atoms with E-state index in [1.54, 1.807) is 0 Å². The van der Waals surface area contributed by atoms with Crippen LogP contribution in [0.1, 0.15) is 45.2 Å². The lowest BCUT2D eigenvalue weighted by Crippen LogP contribution is -2.34. The molecule has 0 fully saturated rings. The fraction of sp³-hybridized carbons (Fsp3) is 0.474. The van der Waals surface area contributed by atoms with Crippen molar-refractivity contribution in [2.45, 2.75) is 47.1 Å². The fourth-order valence-corrected chi connectivity index (χ4v) is 2.46. The molecule has 1 rings (SSSR count). The van der Waals surface area contributed by atoms with Crippen molar-refractivity contribution >= 4 is 17.8 Å². The number of allylic oxidation sites excluding steroid dienone is 1. The van der Waals surface area contributed by atoms with Crippen molar-refractivity contribution in [3.63, 3.8) is 0 Å². The smallest absolute Gasteiger partial charge is 0.302 e. The lowest BCUT2D eigenvalue weighted by molar-refractivity contribution is -0.153. The minimum absolute atomic E-state index is 0.0424. The normalized spacial score (nSPS) is 15.3. The Balaban J connectivity index is 2.72. The second-order valence-electron chi connectivity index (χ2n) is 6.00. The molecule has 0 aliphatic rings. The van der Waals surface area contributed by atoms with Gasteiger partial charge in [0.25, 0.3) is 0 Å². The maximum Gasteiger partial charge on any atom is 0.302 e. The third-order valence-corrected chi connectivity index (χ3v) is 3.86. The highest BCUT2D eigenvalue weighted by Crippen LogP contribution is 2.22. The summed E-state index contributed by atoms with van der Waals surface area (Å²) in [5, 5.41) is 0. The van der Waals surface area contributed by atoms with Crippen molar-refractivity contribution in [1.82, 2.24) is 0 Å². The van der Waals surface area contributed by atoms with Gasteiger partial charge in [-0.3, -0.25) is 9.59 Å². The number of hydrogen-bond donors (Lipinski definition) is 0. The molecule has 0 aliphatic carbocycles. The summed E-state index contributed by atoms with van der Waals surface area (Å²) in [4.78, 5) is 22.9. The Morgan fingerprint density at radius 1 is 1.23 bits per heavy atom. The maximum atomic E-state index is 11.6. The highest BCUT2D eigenvalue weighted by Gasteiger charge is 2.28. The summed E-state index contributed by atoms with van der Waals surface area (Å²) < 4.78 is 5.36. The number of esters is 1. The second kappa shape index (κ2) is 8.52. The predicted octanol–water partition coefficient (Wildman–Crippen LogP) is 4.19. The van der Waals surface area contributed by atoms with Crippen LogP contribution in [0.15, 0.2) is 30.3 Å². The van der Waals surface area contributed by atoms with Crippen LogP contribution >= 0.6 is 0 Å². The summed E-state index contributed by atoms with van der Waals surface area (Å²) in [5.74, 6) is -0.497. The molecule has 0 spiro atoms. The minimum atomic E-state index is -0.378. The summed E-state index contributed by atoms with van der Waals surface area (Å²) in [6, 6.07) is 8.25. The van der Waals surface area contributed by atoms with E-state index in [4.69, 9.17) is 4.74 Å². The van der Waals surface area contributed by atoms with E-state index < -0.39 is 0 Å². The SMILES string of the molecule is CC(=O)O[C@H]([C@H](C)C/C=C/c1cccc(C)c1)[C@H](C)C(C)=O. The lowest BCUT2D eigenvalue weighted by atomic mass is 9.88. The summed E-state index contributed by atoms with van der Waals surface area (Å²) >= 11 is 0. The van der Waals surface area contributed by atoms with Crippen molar-refractivity contribution in [3.05, 3.63) is 41.5 Å². The van der Waals surface area contributed by atoms with Gasteiger partial charge in [-0.1, -0.05) is 55.8 Å². The number of carbonyl (C=O) groups excluding carboxylic acids is 2. The first-order chi connectivity index (χ1) is 10.3. The number of aryl methyl sites for hydroxylation is 1. The molecular formula is C19H26O3. The molecule has 0 saturated carbocycles. The topological polar surface area (TPSA) is 43.4 Å². The van der Waals surface area contributed by atoms with Crippen molar-refractivity contribution in [3.8, 4) is 0 Å². The van der Waals surface area contributed by atoms with Crippen LogP contribution in [0, 0.1) is 18.8 Å². The van der Waals surface area contributed by atoms with Crippen LogP contribution in [-0.2, 0) is 14.3 Å². The average Bonchev–Trinajstić information content (AvgIpc) is 2.43. The van der Waals surface area contributed by atoms with Gasteiger partial charge in [0.05, 0.1) is 5.92 Å². The van der Waals surface area contributed by atoms with Crippen molar-refractivity contribution in [2.24, 2.45) is 11.8 Å². The Labute approximate surface area is 133 Å². The molecule has 3 atom stereocenters. The van der Waals surface area contributed by atoms with Crippen LogP contribution in [-0.4, -0.2) is 17.9 Å². The second-order valence-corrected chi connectivity index (χ2v) is 6.00. The highest BCUT2D eigenvalue weighted by molar-refractivity contribution is 5.79. The van der Waals surface area contributed by atoms with Gasteiger partial charge in [0.2, 0.25) is 0 Å². The Morgan fingerprint density at radius 2 is 1.91 bits per heavy atom. The molecule has 0 saturated heterocycles. The van der Waals surface area contributed by atoms with E-state index >= 15 is 0 Å². The third kappa shape index (κ3) is 5.84. The van der Waals surface area contributed by atoms with Crippen LogP contribution in [0.4, 0.5) is 0 Å². The van der Waals surface area contributed by atoms with Gasteiger partial charge in [0.1, 0.15) is 11.9 Å². The number of hydrogen-bond acceptors (Lipinski definition) is 3. The Bertz CT molecular complexity index is 545. The molecule has 3 heteroatoms. The molecule has 0 radical (unpaired) electrons. The molecule has 1 aromatic carbocycles. The molecule has 0 aliphatic heterocycles. The van der Waals surface area contributed by atoms with Crippen LogP contribution in [0.2, 0.25) is 0 Å². The molecule has 120 valence electrons. The van der Waals surface area contributed by atoms with Gasteiger partial charge < -0.3 is 4.74 Å². The lowest BCUT2D eigenvalue weighted by Gasteiger charge is -2.27. The zero-order valence-electron chi connectivity index (χ0n) is 14.1. The van der Waals surface area contributed by atoms with E-state index in [2.05, 4.69) is 37.3 Å². The Hall–Kier alpha value is -1.90. The standard InChI is InChI=1S/C19H26O3/c1-13-8-6-10-18(12-13)11-7-9-14(2)19(22-17(5)21)15(3)16(4)20/h6-8,10-12,14-15,19H,9H2,1-5H3/b11-7+/t14-,15-,19-/m1/s1. The molecule has 0 N–H and O–H groups in total. The molecular weight excluding hydrogens is 276 g/mol. The zero-order chi connectivity index (χ0) is 16.7. The van der Waals surface area contributed by atoms with E-state index in [9.17, 15) is 9.59 Å². The molecule has 0 aromatic heterocycles. The number of ether oxygens (including phenoxy) is 1. The van der Waals surface area contributed by atoms with Crippen LogP contribution in [0.3, 0.4) is 0 Å². The first-order valence-electron chi connectivity index (χ1n) is 7.72. The number of ketones is 1. The fourth-order valence-electron chi connectivity index (χ4n) is 2.46. The van der Waals surface area contributed by atoms with Crippen molar-refractivity contribution < 1.29 is 14.3 Å². The van der Waals surface area contributed by atoms with Crippen LogP contribution in [0.25, 0.3) is 6.08 Å². The zero-order valence-corrected chi connectivity index (χ0v) is 14.1. The van der Waals surface area contributed by atoms with Gasteiger partial charge in [-0.25, -0.2) is 0 Å². The molecule has 3 nitrogen and oxygen atoms in total. The Morgan fingerprint density at radius 3 is 2.45 bits per heavy atom. The van der Waals surface area contributed by atoms with E-state index in [0.717, 1.165) is 12.0 Å². The molecule has 0 heterocycles. The number of carbonyl (C=O) groups is 2. The average molecular weight is 302 g/mol. The van der Waals surface area contributed by atoms with E-state index in [1.807, 2.05) is 19.9 Å². The molecule has 0 bridgehead atoms. The first-order valence-corrected chi connectivity index (χ1v) is 7.72. The third-order valence-electron chi connectivity index (χ3n) is 3.86. The molecule has 0 amide bonds. The minimum Gasteiger partial charge on any atom is -0.462 e. The van der Waals surface area contributed by atoms with Crippen molar-refractivity contribution in [1.29, 1.82) is 0 Å². The number of benzene rings is 1. The van der Waals surface area contributed by atoms with E-state index in [-0.39, 0.29) is 29.7 Å². The molecule has 22 heavy (non-hydrogen) atoms. The van der Waals surface area contributed by atoms with E-state index in [0.29, 0.717) is 0 Å². The Kier molecular flexibility index (Phi) is 7.03. The highest BCUT2D eigenvalue weighted by atomic mass is 16.5.